The van der Waals surface area contributed by atoms with Crippen molar-refractivity contribution in [3.05, 3.63) is 46.2 Å². The number of aromatic nitrogens is 4. The molecule has 144 valence electrons. The lowest BCUT2D eigenvalue weighted by atomic mass is 9.97. The van der Waals surface area contributed by atoms with E-state index in [4.69, 9.17) is 20.7 Å². The SMILES string of the molecule is CCCCC(CN)c1nc(C)nc2c1nc(C)n2-c1c(C)cc(C)cc1C. The fourth-order valence-corrected chi connectivity index (χ4v) is 4.10. The van der Waals surface area contributed by atoms with Crippen LogP contribution in [-0.2, 0) is 0 Å². The maximum atomic E-state index is 6.11. The van der Waals surface area contributed by atoms with Crippen molar-refractivity contribution in [3.63, 3.8) is 0 Å². The normalized spacial score (nSPS) is 12.7. The molecule has 3 rings (SSSR count). The standard InChI is InChI=1S/C22H31N5/c1-7-8-9-18(12-23)19-20-22(25-16(5)24-19)27(17(6)26-20)21-14(3)10-13(2)11-15(21)4/h10-11,18H,7-9,12,23H2,1-6H3. The Kier molecular flexibility index (Phi) is 5.61. The number of fused-ring (bicyclic) bond motifs is 1. The van der Waals surface area contributed by atoms with Crippen molar-refractivity contribution in [1.29, 1.82) is 0 Å². The van der Waals surface area contributed by atoms with Crippen molar-refractivity contribution in [2.45, 2.75) is 66.7 Å². The van der Waals surface area contributed by atoms with E-state index in [1.165, 1.54) is 22.4 Å². The summed E-state index contributed by atoms with van der Waals surface area (Å²) in [5.74, 6) is 1.93. The fourth-order valence-electron chi connectivity index (χ4n) is 4.10. The largest absolute Gasteiger partial charge is 0.330 e. The molecule has 0 amide bonds. The molecule has 5 heteroatoms. The Bertz CT molecular complexity index is 947. The summed E-state index contributed by atoms with van der Waals surface area (Å²) in [5.41, 5.74) is 13.8. The van der Waals surface area contributed by atoms with Gasteiger partial charge in [0.2, 0.25) is 0 Å². The number of nitrogens with two attached hydrogens (primary N) is 1. The predicted molar refractivity (Wildman–Crippen MR) is 112 cm³/mol. The van der Waals surface area contributed by atoms with E-state index in [2.05, 4.69) is 44.4 Å². The Morgan fingerprint density at radius 2 is 1.67 bits per heavy atom. The molecule has 3 aromatic rings. The average Bonchev–Trinajstić information content (AvgIpc) is 2.91. The molecular formula is C22H31N5. The zero-order valence-corrected chi connectivity index (χ0v) is 17.4. The first-order valence-electron chi connectivity index (χ1n) is 9.89. The Labute approximate surface area is 162 Å². The third-order valence-electron chi connectivity index (χ3n) is 5.25. The van der Waals surface area contributed by atoms with Crippen LogP contribution in [0.2, 0.25) is 0 Å². The van der Waals surface area contributed by atoms with E-state index in [-0.39, 0.29) is 5.92 Å². The molecule has 0 radical (unpaired) electrons. The molecule has 2 heterocycles. The molecule has 0 aliphatic heterocycles. The molecule has 2 aromatic heterocycles. The summed E-state index contributed by atoms with van der Waals surface area (Å²) < 4.78 is 2.19. The first kappa shape index (κ1) is 19.5. The smallest absolute Gasteiger partial charge is 0.168 e. The molecule has 1 aromatic carbocycles. The van der Waals surface area contributed by atoms with E-state index in [1.807, 2.05) is 13.8 Å². The zero-order valence-electron chi connectivity index (χ0n) is 17.4. The van der Waals surface area contributed by atoms with Gasteiger partial charge >= 0.3 is 0 Å². The van der Waals surface area contributed by atoms with Crippen LogP contribution >= 0.6 is 0 Å². The van der Waals surface area contributed by atoms with Crippen LogP contribution in [0.25, 0.3) is 16.9 Å². The fraction of sp³-hybridized carbons (Fsp3) is 0.500. The molecule has 0 saturated heterocycles. The van der Waals surface area contributed by atoms with Gasteiger partial charge in [-0.3, -0.25) is 4.57 Å². The summed E-state index contributed by atoms with van der Waals surface area (Å²) in [6.45, 7) is 13.2. The Morgan fingerprint density at radius 3 is 2.26 bits per heavy atom. The molecule has 1 atom stereocenters. The number of imidazole rings is 1. The second kappa shape index (κ2) is 7.77. The minimum atomic E-state index is 0.220. The van der Waals surface area contributed by atoms with E-state index >= 15 is 0 Å². The number of hydrogen-bond acceptors (Lipinski definition) is 4. The van der Waals surface area contributed by atoms with Gasteiger partial charge in [0.15, 0.2) is 5.65 Å². The van der Waals surface area contributed by atoms with Gasteiger partial charge in [0.25, 0.3) is 0 Å². The molecule has 2 N–H and O–H groups in total. The van der Waals surface area contributed by atoms with Crippen LogP contribution in [0.15, 0.2) is 12.1 Å². The van der Waals surface area contributed by atoms with Crippen LogP contribution in [0.1, 0.15) is 66.1 Å². The topological polar surface area (TPSA) is 69.6 Å². The quantitative estimate of drug-likeness (QED) is 0.693. The molecule has 0 aliphatic rings. The van der Waals surface area contributed by atoms with Crippen LogP contribution in [0.5, 0.6) is 0 Å². The Balaban J connectivity index is 2.27. The first-order valence-corrected chi connectivity index (χ1v) is 9.89. The Morgan fingerprint density at radius 1 is 1.00 bits per heavy atom. The number of aryl methyl sites for hydroxylation is 5. The van der Waals surface area contributed by atoms with Gasteiger partial charge in [-0.05, 0) is 52.2 Å². The summed E-state index contributed by atoms with van der Waals surface area (Å²) in [7, 11) is 0. The van der Waals surface area contributed by atoms with E-state index in [0.717, 1.165) is 47.8 Å². The van der Waals surface area contributed by atoms with Crippen LogP contribution in [0.3, 0.4) is 0 Å². The predicted octanol–water partition coefficient (Wildman–Crippen LogP) is 4.59. The van der Waals surface area contributed by atoms with Crippen LogP contribution in [0, 0.1) is 34.6 Å². The van der Waals surface area contributed by atoms with Gasteiger partial charge in [0, 0.05) is 12.5 Å². The Hall–Kier alpha value is -2.27. The van der Waals surface area contributed by atoms with Gasteiger partial charge in [-0.2, -0.15) is 0 Å². The number of rotatable bonds is 6. The third-order valence-corrected chi connectivity index (χ3v) is 5.25. The molecule has 0 aliphatic carbocycles. The maximum Gasteiger partial charge on any atom is 0.168 e. The lowest BCUT2D eigenvalue weighted by molar-refractivity contribution is 0.580. The molecule has 0 spiro atoms. The number of unbranched alkanes of at least 4 members (excludes halogenated alkanes) is 1. The highest BCUT2D eigenvalue weighted by molar-refractivity contribution is 5.78. The van der Waals surface area contributed by atoms with Gasteiger partial charge in [0.05, 0.1) is 11.4 Å². The van der Waals surface area contributed by atoms with E-state index < -0.39 is 0 Å². The minimum absolute atomic E-state index is 0.220. The van der Waals surface area contributed by atoms with Crippen molar-refractivity contribution in [1.82, 2.24) is 19.5 Å². The van der Waals surface area contributed by atoms with Gasteiger partial charge in [0.1, 0.15) is 17.2 Å². The number of nitrogens with zero attached hydrogens (tertiary/aromatic N) is 4. The van der Waals surface area contributed by atoms with Crippen LogP contribution in [0.4, 0.5) is 0 Å². The molecule has 5 nitrogen and oxygen atoms in total. The maximum absolute atomic E-state index is 6.11. The summed E-state index contributed by atoms with van der Waals surface area (Å²) in [6.07, 6.45) is 3.33. The van der Waals surface area contributed by atoms with Crippen molar-refractivity contribution >= 4 is 11.2 Å². The van der Waals surface area contributed by atoms with Crippen LogP contribution in [-0.4, -0.2) is 26.1 Å². The number of benzene rings is 1. The van der Waals surface area contributed by atoms with Crippen LogP contribution < -0.4 is 5.73 Å². The third kappa shape index (κ3) is 3.61. The summed E-state index contributed by atoms with van der Waals surface area (Å²) in [6, 6.07) is 4.43. The highest BCUT2D eigenvalue weighted by Gasteiger charge is 2.22. The van der Waals surface area contributed by atoms with Gasteiger partial charge in [-0.1, -0.05) is 37.5 Å². The summed E-state index contributed by atoms with van der Waals surface area (Å²) in [4.78, 5) is 14.4. The van der Waals surface area contributed by atoms with Crippen molar-refractivity contribution in [2.75, 3.05) is 6.54 Å². The molecule has 0 bridgehead atoms. The molecular weight excluding hydrogens is 334 g/mol. The average molecular weight is 366 g/mol. The number of hydrogen-bond donors (Lipinski definition) is 1. The van der Waals surface area contributed by atoms with E-state index in [0.29, 0.717) is 6.54 Å². The second-order valence-electron chi connectivity index (χ2n) is 7.64. The molecule has 0 fully saturated rings. The van der Waals surface area contributed by atoms with Crippen molar-refractivity contribution in [3.8, 4) is 5.69 Å². The highest BCUT2D eigenvalue weighted by atomic mass is 15.2. The van der Waals surface area contributed by atoms with Crippen molar-refractivity contribution < 1.29 is 0 Å². The van der Waals surface area contributed by atoms with Gasteiger partial charge in [-0.25, -0.2) is 15.0 Å². The molecule has 1 unspecified atom stereocenters. The first-order chi connectivity index (χ1) is 12.9. The highest BCUT2D eigenvalue weighted by Crippen LogP contribution is 2.31. The summed E-state index contributed by atoms with van der Waals surface area (Å²) in [5, 5.41) is 0. The van der Waals surface area contributed by atoms with Gasteiger partial charge < -0.3 is 5.73 Å². The van der Waals surface area contributed by atoms with Crippen molar-refractivity contribution in [2.24, 2.45) is 5.73 Å². The molecule has 27 heavy (non-hydrogen) atoms. The zero-order chi connectivity index (χ0) is 19.7. The van der Waals surface area contributed by atoms with Gasteiger partial charge in [-0.15, -0.1) is 0 Å². The minimum Gasteiger partial charge on any atom is -0.330 e. The lowest BCUT2D eigenvalue weighted by Gasteiger charge is -2.16. The lowest BCUT2D eigenvalue weighted by Crippen LogP contribution is -2.15. The van der Waals surface area contributed by atoms with E-state index in [9.17, 15) is 0 Å². The molecule has 0 saturated carbocycles. The monoisotopic (exact) mass is 365 g/mol. The second-order valence-corrected chi connectivity index (χ2v) is 7.64. The van der Waals surface area contributed by atoms with E-state index in [1.54, 1.807) is 0 Å². The summed E-state index contributed by atoms with van der Waals surface area (Å²) >= 11 is 0.